The Morgan fingerprint density at radius 2 is 1.85 bits per heavy atom. The van der Waals surface area contributed by atoms with E-state index in [1.54, 1.807) is 13.2 Å². The van der Waals surface area contributed by atoms with Gasteiger partial charge < -0.3 is 14.2 Å². The quantitative estimate of drug-likeness (QED) is 0.236. The molecular weight excluding hydrogens is 572 g/mol. The lowest BCUT2D eigenvalue weighted by Crippen LogP contribution is -2.69. The average molecular weight is 619 g/mol. The highest BCUT2D eigenvalue weighted by Crippen LogP contribution is 2.77. The summed E-state index contributed by atoms with van der Waals surface area (Å²) in [5.41, 5.74) is 5.11. The fraction of sp³-hybridized carbons (Fsp3) is 0.525. The van der Waals surface area contributed by atoms with Crippen LogP contribution in [-0.2, 0) is 23.1 Å². The Balaban J connectivity index is 1.17. The number of fused-ring (bicyclic) bond motifs is 1. The molecule has 2 aliphatic heterocycles. The second-order valence-corrected chi connectivity index (χ2v) is 15.0. The van der Waals surface area contributed by atoms with Gasteiger partial charge in [0.2, 0.25) is 0 Å². The molecule has 9 rings (SSSR count). The number of carbonyl (C=O) groups is 1. The van der Waals surface area contributed by atoms with E-state index in [4.69, 9.17) is 14.2 Å². The van der Waals surface area contributed by atoms with Crippen LogP contribution in [0.3, 0.4) is 0 Å². The molecule has 3 saturated carbocycles. The topological polar surface area (TPSA) is 51.2 Å². The van der Waals surface area contributed by atoms with Crippen LogP contribution in [-0.4, -0.2) is 61.2 Å². The largest absolute Gasteiger partial charge is 0.493 e. The molecule has 6 atom stereocenters. The molecule has 0 spiro atoms. The Morgan fingerprint density at radius 1 is 0.978 bits per heavy atom. The van der Waals surface area contributed by atoms with Gasteiger partial charge in [-0.2, -0.15) is 0 Å². The first-order valence-electron chi connectivity index (χ1n) is 17.7. The summed E-state index contributed by atoms with van der Waals surface area (Å²) < 4.78 is 18.4. The van der Waals surface area contributed by atoms with Gasteiger partial charge in [0.25, 0.3) is 0 Å². The number of benzene rings is 3. The average Bonchev–Trinajstić information content (AvgIpc) is 3.78. The van der Waals surface area contributed by atoms with Gasteiger partial charge in [0.05, 0.1) is 19.3 Å². The van der Waals surface area contributed by atoms with Crippen LogP contribution in [0.5, 0.6) is 17.2 Å². The molecule has 4 bridgehead atoms. The summed E-state index contributed by atoms with van der Waals surface area (Å²) >= 11 is 0. The van der Waals surface area contributed by atoms with Crippen LogP contribution in [0.2, 0.25) is 0 Å². The molecule has 6 heteroatoms. The summed E-state index contributed by atoms with van der Waals surface area (Å²) in [7, 11) is 1.77. The van der Waals surface area contributed by atoms with Crippen molar-refractivity contribution < 1.29 is 19.0 Å². The van der Waals surface area contributed by atoms with Crippen molar-refractivity contribution in [2.45, 2.75) is 75.9 Å². The van der Waals surface area contributed by atoms with E-state index in [1.165, 1.54) is 74.8 Å². The van der Waals surface area contributed by atoms with Gasteiger partial charge in [-0.05, 0) is 117 Å². The first-order valence-corrected chi connectivity index (χ1v) is 17.7. The first kappa shape index (κ1) is 28.8. The fourth-order valence-corrected chi connectivity index (χ4v) is 11.4. The maximum absolute atomic E-state index is 12.7. The molecule has 3 aromatic carbocycles. The van der Waals surface area contributed by atoms with Gasteiger partial charge in [-0.1, -0.05) is 42.5 Å². The normalized spacial score (nSPS) is 32.5. The third kappa shape index (κ3) is 4.18. The molecule has 0 N–H and O–H groups in total. The predicted molar refractivity (Wildman–Crippen MR) is 177 cm³/mol. The SMILES string of the molecule is CCOC(=O)c1cccc(Oc2c(OC)ccc3c2C24CCN(CC5CC5)C(C3)C23CCC2C4C(CN2Cc2ccccc2)C3)c1. The van der Waals surface area contributed by atoms with Crippen LogP contribution in [0, 0.1) is 23.2 Å². The highest BCUT2D eigenvalue weighted by atomic mass is 16.5. The number of ether oxygens (including phenoxy) is 3. The lowest BCUT2D eigenvalue weighted by molar-refractivity contribution is -0.106. The van der Waals surface area contributed by atoms with Gasteiger partial charge in [-0.3, -0.25) is 9.80 Å². The molecule has 240 valence electrons. The summed E-state index contributed by atoms with van der Waals surface area (Å²) in [4.78, 5) is 18.4. The number of methoxy groups -OCH3 is 1. The molecule has 3 aromatic rings. The molecule has 6 aliphatic rings. The minimum Gasteiger partial charge on any atom is -0.493 e. The summed E-state index contributed by atoms with van der Waals surface area (Å²) in [5.74, 6) is 4.20. The number of hydrogen-bond acceptors (Lipinski definition) is 6. The van der Waals surface area contributed by atoms with Crippen LogP contribution in [0.25, 0.3) is 0 Å². The third-order valence-electron chi connectivity index (χ3n) is 13.0. The lowest BCUT2D eigenvalue weighted by Gasteiger charge is -2.66. The number of esters is 1. The second kappa shape index (κ2) is 10.8. The molecule has 0 amide bonds. The Labute approximate surface area is 273 Å². The van der Waals surface area contributed by atoms with E-state index < -0.39 is 0 Å². The van der Waals surface area contributed by atoms with E-state index in [0.29, 0.717) is 41.8 Å². The molecule has 6 nitrogen and oxygen atoms in total. The zero-order chi connectivity index (χ0) is 31.0. The van der Waals surface area contributed by atoms with Crippen molar-refractivity contribution in [3.63, 3.8) is 0 Å². The van der Waals surface area contributed by atoms with Gasteiger partial charge in [0, 0.05) is 42.7 Å². The molecule has 2 heterocycles. The summed E-state index contributed by atoms with van der Waals surface area (Å²) in [6.07, 6.45) is 8.98. The maximum Gasteiger partial charge on any atom is 0.338 e. The summed E-state index contributed by atoms with van der Waals surface area (Å²) in [6, 6.07) is 24.2. The number of nitrogens with zero attached hydrogens (tertiary/aromatic N) is 2. The Kier molecular flexibility index (Phi) is 6.80. The van der Waals surface area contributed by atoms with E-state index in [2.05, 4.69) is 52.3 Å². The van der Waals surface area contributed by atoms with Gasteiger partial charge in [0.1, 0.15) is 5.75 Å². The van der Waals surface area contributed by atoms with Crippen molar-refractivity contribution in [1.29, 1.82) is 0 Å². The van der Waals surface area contributed by atoms with Crippen molar-refractivity contribution in [1.82, 2.24) is 9.80 Å². The van der Waals surface area contributed by atoms with E-state index in [9.17, 15) is 4.79 Å². The van der Waals surface area contributed by atoms with Gasteiger partial charge in [0.15, 0.2) is 11.5 Å². The number of hydrogen-bond donors (Lipinski definition) is 0. The van der Waals surface area contributed by atoms with Crippen LogP contribution in [0.1, 0.15) is 72.5 Å². The van der Waals surface area contributed by atoms with Crippen molar-refractivity contribution in [3.8, 4) is 17.2 Å². The standard InChI is InChI=1S/C40H46N2O4/c1-3-45-38(43)29-10-7-11-31(20-29)46-37-33(44-2)15-14-28-21-34-39-17-16-32-35(30(22-39)25-42(32)24-26-8-5-4-6-9-26)40(39,36(28)37)18-19-41(34)23-27-12-13-27/h4-11,14-15,20,27,30,32,34-35H,3,12-13,16-19,21-25H2,1-2H3. The Morgan fingerprint density at radius 3 is 2.65 bits per heavy atom. The lowest BCUT2D eigenvalue weighted by atomic mass is 9.43. The minimum atomic E-state index is -0.321. The van der Waals surface area contributed by atoms with Crippen molar-refractivity contribution in [3.05, 3.63) is 89.0 Å². The fourth-order valence-electron chi connectivity index (χ4n) is 11.4. The third-order valence-corrected chi connectivity index (χ3v) is 13.0. The van der Waals surface area contributed by atoms with Gasteiger partial charge in [-0.25, -0.2) is 4.79 Å². The predicted octanol–water partition coefficient (Wildman–Crippen LogP) is 7.24. The molecule has 5 fully saturated rings. The van der Waals surface area contributed by atoms with E-state index in [-0.39, 0.29) is 16.8 Å². The molecule has 0 radical (unpaired) electrons. The van der Waals surface area contributed by atoms with Crippen LogP contribution in [0.15, 0.2) is 66.7 Å². The number of rotatable bonds is 9. The van der Waals surface area contributed by atoms with Crippen molar-refractivity contribution in [2.75, 3.05) is 33.4 Å². The first-order chi connectivity index (χ1) is 22.5. The van der Waals surface area contributed by atoms with Gasteiger partial charge >= 0.3 is 5.97 Å². The molecule has 4 aliphatic carbocycles. The molecule has 0 aromatic heterocycles. The van der Waals surface area contributed by atoms with E-state index in [0.717, 1.165) is 30.4 Å². The Hall–Kier alpha value is -3.35. The van der Waals surface area contributed by atoms with Crippen LogP contribution < -0.4 is 9.47 Å². The highest BCUT2D eigenvalue weighted by molar-refractivity contribution is 5.89. The van der Waals surface area contributed by atoms with Crippen molar-refractivity contribution >= 4 is 5.97 Å². The molecule has 2 saturated heterocycles. The number of likely N-dealkylation sites (tertiary alicyclic amines) is 2. The second-order valence-electron chi connectivity index (χ2n) is 15.0. The van der Waals surface area contributed by atoms with E-state index in [1.807, 2.05) is 25.1 Å². The van der Waals surface area contributed by atoms with Gasteiger partial charge in [-0.15, -0.1) is 0 Å². The van der Waals surface area contributed by atoms with Crippen LogP contribution >= 0.6 is 0 Å². The molecule has 46 heavy (non-hydrogen) atoms. The smallest absolute Gasteiger partial charge is 0.338 e. The number of piperidine rings is 1. The summed E-state index contributed by atoms with van der Waals surface area (Å²) in [6.45, 7) is 6.86. The highest BCUT2D eigenvalue weighted by Gasteiger charge is 2.76. The monoisotopic (exact) mass is 618 g/mol. The number of carbonyl (C=O) groups excluding carboxylic acids is 1. The molecular formula is C40H46N2O4. The summed E-state index contributed by atoms with van der Waals surface area (Å²) in [5, 5.41) is 0. The zero-order valence-electron chi connectivity index (χ0n) is 27.3. The van der Waals surface area contributed by atoms with Crippen molar-refractivity contribution in [2.24, 2.45) is 23.2 Å². The zero-order valence-corrected chi connectivity index (χ0v) is 27.3. The van der Waals surface area contributed by atoms with E-state index >= 15 is 0 Å². The van der Waals surface area contributed by atoms with Crippen LogP contribution in [0.4, 0.5) is 0 Å². The maximum atomic E-state index is 12.7. The molecule has 6 unspecified atom stereocenters. The Bertz CT molecular complexity index is 1650. The minimum absolute atomic E-state index is 0.0486.